The average Bonchev–Trinajstić information content (AvgIpc) is 3.83. The molecular weight excluding hydrogens is 909 g/mol. The number of rotatable bonds is 35. The van der Waals surface area contributed by atoms with Crippen molar-refractivity contribution in [1.29, 1.82) is 0 Å². The number of aldehydes is 1. The first kappa shape index (κ1) is 59.1. The summed E-state index contributed by atoms with van der Waals surface area (Å²) in [5.41, 5.74) is 24.1. The summed E-state index contributed by atoms with van der Waals surface area (Å²) in [6.45, 7) is 5.98. The van der Waals surface area contributed by atoms with Gasteiger partial charge in [0.25, 0.3) is 0 Å². The summed E-state index contributed by atoms with van der Waals surface area (Å²) in [7, 11) is 0. The number of amides is 7. The molecule has 7 atom stereocenters. The highest BCUT2D eigenvalue weighted by Crippen LogP contribution is 2.12. The molecule has 16 N–H and O–H groups in total. The Morgan fingerprint density at radius 3 is 1.84 bits per heavy atom. The number of guanidine groups is 1. The van der Waals surface area contributed by atoms with Crippen molar-refractivity contribution >= 4 is 65.4 Å². The Labute approximate surface area is 409 Å². The number of unbranched alkanes of at least 4 members (excludes halogenated alkanes) is 2. The monoisotopic (exact) mass is 985 g/mol. The molecule has 0 fully saturated rings. The van der Waals surface area contributed by atoms with Crippen LogP contribution in [0.1, 0.15) is 96.2 Å². The van der Waals surface area contributed by atoms with Crippen molar-refractivity contribution in [2.75, 3.05) is 31.6 Å². The van der Waals surface area contributed by atoms with Crippen molar-refractivity contribution in [3.63, 3.8) is 0 Å². The van der Waals surface area contributed by atoms with Gasteiger partial charge in [-0.25, -0.2) is 4.98 Å². The van der Waals surface area contributed by atoms with Crippen LogP contribution in [0.3, 0.4) is 0 Å². The number of aromatic nitrogens is 2. The molecule has 0 bridgehead atoms. The Kier molecular flexibility index (Phi) is 28.6. The number of hydrogen-bond donors (Lipinski definition) is 12. The maximum Gasteiger partial charge on any atom is 0.243 e. The third-order valence-electron chi connectivity index (χ3n) is 10.8. The van der Waals surface area contributed by atoms with Gasteiger partial charge in [-0.3, -0.25) is 38.6 Å². The molecule has 0 saturated carbocycles. The predicted octanol–water partition coefficient (Wildman–Crippen LogP) is -1.08. The Hall–Kier alpha value is -6.07. The van der Waals surface area contributed by atoms with Gasteiger partial charge in [0.2, 0.25) is 41.4 Å². The van der Waals surface area contributed by atoms with E-state index in [1.54, 1.807) is 0 Å². The molecule has 0 aliphatic heterocycles. The fourth-order valence-corrected chi connectivity index (χ4v) is 7.58. The summed E-state index contributed by atoms with van der Waals surface area (Å²) >= 11 is 1.47. The van der Waals surface area contributed by atoms with Crippen LogP contribution in [-0.4, -0.2) is 137 Å². The highest BCUT2D eigenvalue weighted by Gasteiger charge is 2.33. The number of aromatic amines is 1. The number of carbonyl (C=O) groups excluding carboxylic acids is 8. The van der Waals surface area contributed by atoms with Gasteiger partial charge in [0.1, 0.15) is 36.5 Å². The van der Waals surface area contributed by atoms with Gasteiger partial charge in [-0.1, -0.05) is 44.2 Å². The Morgan fingerprint density at radius 1 is 0.725 bits per heavy atom. The molecule has 7 amide bonds. The van der Waals surface area contributed by atoms with E-state index < -0.39 is 77.7 Å². The standard InChI is InChI=1S/C46H76N14O8S/c1-29(2)23-38(44(67)58-37(18-22-69-4)41(64)55-33(27-61)24-31-13-6-5-7-14-31)60-43(66)36(17-9-11-20-52-30(3)62)56-42(65)35(16-8-10-19-47)57-45(68)39(25-32-26-51-28-54-32)59-40(63)34(48)15-12-21-53-46(49)50/h5-7,13-14,26-29,33-39H,8-12,15-25,47-48H2,1-4H3,(H,51,54)(H,52,62)(H,55,64)(H,56,65)(H,57,68)(H,58,67)(H,59,63)(H,60,66)(H4,49,50,53)/t33-,34-,35-,36-,37-,38-,39-/m0/s1. The first-order chi connectivity index (χ1) is 33.0. The summed E-state index contributed by atoms with van der Waals surface area (Å²) in [5, 5.41) is 19.3. The van der Waals surface area contributed by atoms with Crippen LogP contribution in [0.4, 0.5) is 0 Å². The molecule has 2 rings (SSSR count). The van der Waals surface area contributed by atoms with Crippen molar-refractivity contribution in [3.05, 3.63) is 54.1 Å². The minimum Gasteiger partial charge on any atom is -0.370 e. The molecule has 22 nitrogen and oxygen atoms in total. The molecule has 1 aromatic heterocycles. The summed E-state index contributed by atoms with van der Waals surface area (Å²) < 4.78 is 0. The topological polar surface area (TPSA) is 366 Å². The summed E-state index contributed by atoms with van der Waals surface area (Å²) in [5.74, 6) is -3.84. The van der Waals surface area contributed by atoms with E-state index in [1.165, 1.54) is 31.2 Å². The molecule has 384 valence electrons. The van der Waals surface area contributed by atoms with Gasteiger partial charge in [-0.15, -0.1) is 0 Å². The number of thioether (sulfide) groups is 1. The van der Waals surface area contributed by atoms with E-state index in [0.29, 0.717) is 62.9 Å². The van der Waals surface area contributed by atoms with Crippen molar-refractivity contribution in [3.8, 4) is 0 Å². The van der Waals surface area contributed by atoms with Gasteiger partial charge in [0.05, 0.1) is 18.4 Å². The largest absolute Gasteiger partial charge is 0.370 e. The van der Waals surface area contributed by atoms with Gasteiger partial charge in [0.15, 0.2) is 5.96 Å². The number of nitrogens with two attached hydrogens (primary N) is 4. The second-order valence-corrected chi connectivity index (χ2v) is 18.2. The van der Waals surface area contributed by atoms with E-state index in [2.05, 4.69) is 52.2 Å². The molecule has 23 heteroatoms. The number of imidazole rings is 1. The van der Waals surface area contributed by atoms with Crippen LogP contribution in [0.25, 0.3) is 0 Å². The van der Waals surface area contributed by atoms with Crippen LogP contribution in [0.2, 0.25) is 0 Å². The molecule has 0 saturated heterocycles. The molecule has 0 unspecified atom stereocenters. The third kappa shape index (κ3) is 24.7. The lowest BCUT2D eigenvalue weighted by molar-refractivity contribution is -0.135. The SMILES string of the molecule is CSCC[C@H](NC(=O)[C@H](CC(C)C)NC(=O)[C@H](CCCCNC(C)=O)NC(=O)[C@H](CCCCN)NC(=O)[C@H](Cc1cnc[nH]1)NC(=O)[C@@H](N)CCCN=C(N)N)C(=O)N[C@H](C=O)Cc1ccccc1. The van der Waals surface area contributed by atoms with Crippen LogP contribution in [-0.2, 0) is 51.2 Å². The lowest BCUT2D eigenvalue weighted by Gasteiger charge is -2.28. The lowest BCUT2D eigenvalue weighted by Crippen LogP contribution is -2.60. The first-order valence-corrected chi connectivity index (χ1v) is 24.9. The number of benzene rings is 1. The van der Waals surface area contributed by atoms with E-state index >= 15 is 0 Å². The smallest absolute Gasteiger partial charge is 0.243 e. The Bertz CT molecular complexity index is 1920. The normalized spacial score (nSPS) is 14.1. The highest BCUT2D eigenvalue weighted by atomic mass is 32.2. The van der Waals surface area contributed by atoms with E-state index in [4.69, 9.17) is 22.9 Å². The molecule has 1 aromatic carbocycles. The van der Waals surface area contributed by atoms with Gasteiger partial charge < -0.3 is 69.9 Å². The van der Waals surface area contributed by atoms with Gasteiger partial charge in [-0.2, -0.15) is 11.8 Å². The Morgan fingerprint density at radius 2 is 1.29 bits per heavy atom. The zero-order chi connectivity index (χ0) is 51.1. The summed E-state index contributed by atoms with van der Waals surface area (Å²) in [6.07, 6.45) is 8.61. The second-order valence-electron chi connectivity index (χ2n) is 17.3. The fraction of sp³-hybridized carbons (Fsp3) is 0.609. The maximum atomic E-state index is 14.3. The van der Waals surface area contributed by atoms with E-state index in [-0.39, 0.29) is 69.3 Å². The number of hydrogen-bond acceptors (Lipinski definition) is 13. The van der Waals surface area contributed by atoms with Gasteiger partial charge in [0, 0.05) is 38.3 Å². The zero-order valence-electron chi connectivity index (χ0n) is 40.4. The zero-order valence-corrected chi connectivity index (χ0v) is 41.2. The minimum atomic E-state index is -1.22. The van der Waals surface area contributed by atoms with Crippen LogP contribution in [0, 0.1) is 5.92 Å². The number of H-pyrrole nitrogens is 1. The highest BCUT2D eigenvalue weighted by molar-refractivity contribution is 7.98. The van der Waals surface area contributed by atoms with Crippen LogP contribution < -0.4 is 60.2 Å². The summed E-state index contributed by atoms with van der Waals surface area (Å²) in [4.78, 5) is 118. The average molecular weight is 985 g/mol. The van der Waals surface area contributed by atoms with Crippen molar-refractivity contribution in [2.24, 2.45) is 33.8 Å². The molecule has 2 aromatic rings. The number of aliphatic imine (C=N–C) groups is 1. The molecule has 0 radical (unpaired) electrons. The van der Waals surface area contributed by atoms with E-state index in [9.17, 15) is 38.4 Å². The lowest BCUT2D eigenvalue weighted by atomic mass is 10.0. The van der Waals surface area contributed by atoms with Gasteiger partial charge >= 0.3 is 0 Å². The molecule has 1 heterocycles. The van der Waals surface area contributed by atoms with Crippen LogP contribution in [0.5, 0.6) is 0 Å². The summed E-state index contributed by atoms with van der Waals surface area (Å²) in [6, 6.07) is 1.53. The predicted molar refractivity (Wildman–Crippen MR) is 266 cm³/mol. The fourth-order valence-electron chi connectivity index (χ4n) is 7.10. The van der Waals surface area contributed by atoms with Crippen molar-refractivity contribution in [2.45, 2.75) is 140 Å². The maximum absolute atomic E-state index is 14.3. The Balaban J connectivity index is 2.38. The molecular formula is C46H76N14O8S. The van der Waals surface area contributed by atoms with Crippen molar-refractivity contribution < 1.29 is 38.4 Å². The molecule has 0 spiro atoms. The first-order valence-electron chi connectivity index (χ1n) is 23.5. The number of nitrogens with one attached hydrogen (secondary N) is 8. The number of nitrogens with zero attached hydrogens (tertiary/aromatic N) is 2. The van der Waals surface area contributed by atoms with Gasteiger partial charge in [-0.05, 0) is 101 Å². The second kappa shape index (κ2) is 33.4. The minimum absolute atomic E-state index is 0.0286. The van der Waals surface area contributed by atoms with Crippen LogP contribution >= 0.6 is 11.8 Å². The number of carbonyl (C=O) groups is 8. The van der Waals surface area contributed by atoms with E-state index in [1.807, 2.05) is 50.4 Å². The van der Waals surface area contributed by atoms with Crippen molar-refractivity contribution in [1.82, 2.24) is 47.2 Å². The van der Waals surface area contributed by atoms with E-state index in [0.717, 1.165) is 5.56 Å². The van der Waals surface area contributed by atoms with Crippen LogP contribution in [0.15, 0.2) is 47.8 Å². The molecule has 0 aliphatic carbocycles. The quantitative estimate of drug-likeness (QED) is 0.0169. The molecule has 69 heavy (non-hydrogen) atoms. The third-order valence-corrected chi connectivity index (χ3v) is 11.4. The molecule has 0 aliphatic rings.